The highest BCUT2D eigenvalue weighted by molar-refractivity contribution is 6.01. The summed E-state index contributed by atoms with van der Waals surface area (Å²) in [6, 6.07) is 8.14. The van der Waals surface area contributed by atoms with Crippen LogP contribution in [-0.4, -0.2) is 63.2 Å². The molecule has 6 heteroatoms. The van der Waals surface area contributed by atoms with E-state index >= 15 is 0 Å². The molecule has 3 aliphatic rings. The highest BCUT2D eigenvalue weighted by atomic mass is 16.5. The van der Waals surface area contributed by atoms with Crippen LogP contribution in [0.2, 0.25) is 0 Å². The van der Waals surface area contributed by atoms with Gasteiger partial charge in [0.25, 0.3) is 0 Å². The van der Waals surface area contributed by atoms with Crippen molar-refractivity contribution >= 4 is 17.2 Å². The Morgan fingerprint density at radius 2 is 2.00 bits per heavy atom. The maximum Gasteiger partial charge on any atom is 0.166 e. The predicted octanol–water partition coefficient (Wildman–Crippen LogP) is 1.68. The van der Waals surface area contributed by atoms with Gasteiger partial charge < -0.3 is 20.7 Å². The molecule has 1 atom stereocenters. The van der Waals surface area contributed by atoms with Crippen LogP contribution in [0.1, 0.15) is 12.8 Å². The van der Waals surface area contributed by atoms with Crippen LogP contribution in [0.4, 0.5) is 11.4 Å². The van der Waals surface area contributed by atoms with Crippen LogP contribution in [0.5, 0.6) is 0 Å². The van der Waals surface area contributed by atoms with Crippen molar-refractivity contribution in [2.75, 3.05) is 63.1 Å². The predicted molar refractivity (Wildman–Crippen MR) is 103 cm³/mol. The average Bonchev–Trinajstić information content (AvgIpc) is 2.87. The minimum absolute atomic E-state index is 0.0863. The van der Waals surface area contributed by atoms with Crippen LogP contribution >= 0.6 is 0 Å². The highest BCUT2D eigenvalue weighted by Crippen LogP contribution is 2.33. The molecule has 0 spiro atoms. The van der Waals surface area contributed by atoms with Gasteiger partial charge in [-0.25, -0.2) is 0 Å². The molecule has 1 aliphatic carbocycles. The number of hydrogen-bond donors (Lipinski definition) is 3. The molecule has 1 aromatic rings. The van der Waals surface area contributed by atoms with Gasteiger partial charge in [-0.3, -0.25) is 9.69 Å². The third-order valence-electron chi connectivity index (χ3n) is 5.54. The molecule has 0 bridgehead atoms. The number of nitrogens with zero attached hydrogens (tertiary/aromatic N) is 1. The third-order valence-corrected chi connectivity index (χ3v) is 5.54. The molecule has 1 saturated heterocycles. The Morgan fingerprint density at radius 3 is 2.85 bits per heavy atom. The molecule has 3 N–H and O–H groups in total. The highest BCUT2D eigenvalue weighted by Gasteiger charge is 2.30. The van der Waals surface area contributed by atoms with E-state index in [-0.39, 0.29) is 11.7 Å². The minimum atomic E-state index is 0.0863. The number of fused-ring (bicyclic) bond motifs is 1. The molecule has 0 aromatic heterocycles. The number of ketones is 1. The van der Waals surface area contributed by atoms with Gasteiger partial charge in [0.15, 0.2) is 5.78 Å². The fourth-order valence-electron chi connectivity index (χ4n) is 3.95. The lowest BCUT2D eigenvalue weighted by atomic mass is 9.85. The molecule has 4 rings (SSSR count). The van der Waals surface area contributed by atoms with Gasteiger partial charge in [-0.05, 0) is 25.0 Å². The molecule has 6 nitrogen and oxygen atoms in total. The van der Waals surface area contributed by atoms with E-state index in [0.29, 0.717) is 6.54 Å². The van der Waals surface area contributed by atoms with Crippen molar-refractivity contribution in [1.82, 2.24) is 10.2 Å². The zero-order valence-corrected chi connectivity index (χ0v) is 15.2. The molecular weight excluding hydrogens is 328 g/mol. The number of morpholine rings is 1. The Kier molecular flexibility index (Phi) is 5.53. The van der Waals surface area contributed by atoms with Crippen LogP contribution in [0.3, 0.4) is 0 Å². The van der Waals surface area contributed by atoms with E-state index in [4.69, 9.17) is 4.74 Å². The molecule has 2 heterocycles. The van der Waals surface area contributed by atoms with Gasteiger partial charge in [0.05, 0.1) is 24.6 Å². The first-order valence-corrected chi connectivity index (χ1v) is 9.68. The zero-order chi connectivity index (χ0) is 17.8. The summed E-state index contributed by atoms with van der Waals surface area (Å²) in [5.41, 5.74) is 4.15. The lowest BCUT2D eigenvalue weighted by Crippen LogP contribution is -2.42. The third kappa shape index (κ3) is 3.92. The van der Waals surface area contributed by atoms with E-state index in [9.17, 15) is 4.79 Å². The number of Topliss-reactive ketones (excluding diaryl/α,β-unsaturated/α-hetero) is 1. The summed E-state index contributed by atoms with van der Waals surface area (Å²) < 4.78 is 5.38. The summed E-state index contributed by atoms with van der Waals surface area (Å²) in [6.07, 6.45) is 1.85. The lowest BCUT2D eigenvalue weighted by Gasteiger charge is -2.28. The first kappa shape index (κ1) is 17.5. The Morgan fingerprint density at radius 1 is 1.19 bits per heavy atom. The first-order chi connectivity index (χ1) is 12.8. The summed E-state index contributed by atoms with van der Waals surface area (Å²) in [6.45, 7) is 7.03. The van der Waals surface area contributed by atoms with Crippen molar-refractivity contribution in [3.8, 4) is 0 Å². The average molecular weight is 356 g/mol. The van der Waals surface area contributed by atoms with Gasteiger partial charge in [0.1, 0.15) is 0 Å². The van der Waals surface area contributed by atoms with Crippen LogP contribution in [0.25, 0.3) is 0 Å². The summed E-state index contributed by atoms with van der Waals surface area (Å²) in [7, 11) is 0. The lowest BCUT2D eigenvalue weighted by molar-refractivity contribution is -0.119. The summed E-state index contributed by atoms with van der Waals surface area (Å²) in [5.74, 6) is 0.376. The second-order valence-electron chi connectivity index (χ2n) is 7.24. The Labute approximate surface area is 155 Å². The number of carbonyl (C=O) groups is 1. The fraction of sp³-hybridized carbons (Fsp3) is 0.550. The number of anilines is 2. The number of para-hydroxylation sites is 2. The molecule has 1 fully saturated rings. The topological polar surface area (TPSA) is 65.6 Å². The van der Waals surface area contributed by atoms with Gasteiger partial charge in [0, 0.05) is 56.5 Å². The second-order valence-corrected chi connectivity index (χ2v) is 7.24. The van der Waals surface area contributed by atoms with E-state index in [0.717, 1.165) is 81.4 Å². The van der Waals surface area contributed by atoms with Crippen LogP contribution < -0.4 is 16.0 Å². The fourth-order valence-corrected chi connectivity index (χ4v) is 3.95. The number of benzene rings is 1. The van der Waals surface area contributed by atoms with Gasteiger partial charge in [-0.2, -0.15) is 0 Å². The SMILES string of the molecule is O=C1C2=C(CCC1CNCCN1CCOCC1)Nc1ccccc1NC2. The van der Waals surface area contributed by atoms with Gasteiger partial charge in [0.2, 0.25) is 0 Å². The Hall–Kier alpha value is -1.89. The maximum absolute atomic E-state index is 13.0. The van der Waals surface area contributed by atoms with Crippen molar-refractivity contribution in [3.05, 3.63) is 35.5 Å². The largest absolute Gasteiger partial charge is 0.379 e. The molecule has 140 valence electrons. The van der Waals surface area contributed by atoms with Crippen molar-refractivity contribution < 1.29 is 9.53 Å². The second kappa shape index (κ2) is 8.20. The van der Waals surface area contributed by atoms with E-state index in [1.54, 1.807) is 0 Å². The maximum atomic E-state index is 13.0. The van der Waals surface area contributed by atoms with E-state index in [2.05, 4.69) is 33.0 Å². The van der Waals surface area contributed by atoms with Crippen LogP contribution in [-0.2, 0) is 9.53 Å². The van der Waals surface area contributed by atoms with Crippen LogP contribution in [0, 0.1) is 5.92 Å². The molecular formula is C20H28N4O2. The summed E-state index contributed by atoms with van der Waals surface area (Å²) in [5, 5.41) is 10.4. The van der Waals surface area contributed by atoms with E-state index in [1.165, 1.54) is 0 Å². The van der Waals surface area contributed by atoms with Crippen molar-refractivity contribution in [2.45, 2.75) is 12.8 Å². The van der Waals surface area contributed by atoms with E-state index < -0.39 is 0 Å². The van der Waals surface area contributed by atoms with Crippen molar-refractivity contribution in [2.24, 2.45) is 5.92 Å². The first-order valence-electron chi connectivity index (χ1n) is 9.68. The number of carbonyl (C=O) groups excluding carboxylic acids is 1. The van der Waals surface area contributed by atoms with Crippen LogP contribution in [0.15, 0.2) is 35.5 Å². The number of hydrogen-bond acceptors (Lipinski definition) is 6. The zero-order valence-electron chi connectivity index (χ0n) is 15.2. The quantitative estimate of drug-likeness (QED) is 0.698. The Bertz CT molecular complexity index is 682. The van der Waals surface area contributed by atoms with Gasteiger partial charge >= 0.3 is 0 Å². The molecule has 2 aliphatic heterocycles. The van der Waals surface area contributed by atoms with Crippen molar-refractivity contribution in [3.63, 3.8) is 0 Å². The smallest absolute Gasteiger partial charge is 0.166 e. The molecule has 0 amide bonds. The minimum Gasteiger partial charge on any atom is -0.379 e. The molecule has 0 saturated carbocycles. The molecule has 1 aromatic carbocycles. The normalized spacial score (nSPS) is 23.5. The summed E-state index contributed by atoms with van der Waals surface area (Å²) in [4.78, 5) is 15.4. The number of allylic oxidation sites excluding steroid dienone is 1. The molecule has 1 unspecified atom stereocenters. The number of rotatable bonds is 5. The van der Waals surface area contributed by atoms with Gasteiger partial charge in [-0.15, -0.1) is 0 Å². The Balaban J connectivity index is 1.30. The monoisotopic (exact) mass is 356 g/mol. The molecule has 0 radical (unpaired) electrons. The summed E-state index contributed by atoms with van der Waals surface area (Å²) >= 11 is 0. The number of nitrogens with one attached hydrogen (secondary N) is 3. The number of ether oxygens (including phenoxy) is 1. The van der Waals surface area contributed by atoms with E-state index in [1.807, 2.05) is 12.1 Å². The van der Waals surface area contributed by atoms with Gasteiger partial charge in [-0.1, -0.05) is 12.1 Å². The molecule has 26 heavy (non-hydrogen) atoms. The van der Waals surface area contributed by atoms with Crippen molar-refractivity contribution in [1.29, 1.82) is 0 Å². The standard InChI is InChI=1S/C20H28N4O2/c25-20-15(13-21-7-8-24-9-11-26-12-10-24)5-6-17-16(20)14-22-18-3-1-2-4-19(18)23-17/h1-4,15,21-23H,5-14H2.